The van der Waals surface area contributed by atoms with Gasteiger partial charge in [-0.25, -0.2) is 10.8 Å². The van der Waals surface area contributed by atoms with Crippen LogP contribution < -0.4 is 11.3 Å². The number of anilines is 1. The molecule has 0 saturated carbocycles. The Labute approximate surface area is 122 Å². The Hall–Kier alpha value is -2.10. The van der Waals surface area contributed by atoms with Gasteiger partial charge in [0.05, 0.1) is 5.52 Å². The largest absolute Gasteiger partial charge is 0.308 e. The van der Waals surface area contributed by atoms with Gasteiger partial charge in [-0.15, -0.1) is 0 Å². The third kappa shape index (κ3) is 2.22. The van der Waals surface area contributed by atoms with Gasteiger partial charge in [-0.05, 0) is 36.2 Å². The SMILES string of the molecule is Cc1cc(Cl)cc2cc(-c3ccccc3)c(NN)nc12. The van der Waals surface area contributed by atoms with Crippen LogP contribution in [-0.2, 0) is 0 Å². The molecule has 3 N–H and O–H groups in total. The average Bonchev–Trinajstić information content (AvgIpc) is 2.47. The lowest BCUT2D eigenvalue weighted by atomic mass is 10.0. The van der Waals surface area contributed by atoms with Crippen molar-refractivity contribution in [3.05, 3.63) is 59.1 Å². The van der Waals surface area contributed by atoms with Gasteiger partial charge in [-0.1, -0.05) is 41.9 Å². The van der Waals surface area contributed by atoms with Crippen molar-refractivity contribution >= 4 is 28.3 Å². The lowest BCUT2D eigenvalue weighted by Crippen LogP contribution is -2.10. The van der Waals surface area contributed by atoms with Gasteiger partial charge in [0.15, 0.2) is 0 Å². The monoisotopic (exact) mass is 283 g/mol. The Morgan fingerprint density at radius 3 is 2.55 bits per heavy atom. The molecule has 100 valence electrons. The van der Waals surface area contributed by atoms with Crippen LogP contribution in [-0.4, -0.2) is 4.98 Å². The van der Waals surface area contributed by atoms with Gasteiger partial charge in [-0.2, -0.15) is 0 Å². The van der Waals surface area contributed by atoms with Crippen LogP contribution in [0.3, 0.4) is 0 Å². The molecule has 0 saturated heterocycles. The second-order valence-corrected chi connectivity index (χ2v) is 5.13. The van der Waals surface area contributed by atoms with E-state index in [9.17, 15) is 0 Å². The van der Waals surface area contributed by atoms with Crippen molar-refractivity contribution in [2.75, 3.05) is 5.43 Å². The topological polar surface area (TPSA) is 50.9 Å². The lowest BCUT2D eigenvalue weighted by molar-refractivity contribution is 1.25. The Bertz CT molecular complexity index is 770. The minimum atomic E-state index is 0.661. The molecule has 0 radical (unpaired) electrons. The van der Waals surface area contributed by atoms with E-state index in [0.29, 0.717) is 10.8 Å². The number of pyridine rings is 1. The van der Waals surface area contributed by atoms with Crippen LogP contribution in [0.5, 0.6) is 0 Å². The number of aryl methyl sites for hydroxylation is 1. The van der Waals surface area contributed by atoms with Crippen LogP contribution >= 0.6 is 11.6 Å². The van der Waals surface area contributed by atoms with E-state index in [2.05, 4.69) is 16.5 Å². The van der Waals surface area contributed by atoms with Gasteiger partial charge in [-0.3, -0.25) is 0 Å². The molecule has 0 aliphatic rings. The number of fused-ring (bicyclic) bond motifs is 1. The molecule has 1 aromatic heterocycles. The maximum atomic E-state index is 6.13. The number of nitrogens with two attached hydrogens (primary N) is 1. The van der Waals surface area contributed by atoms with Crippen LogP contribution in [0.1, 0.15) is 5.56 Å². The second-order valence-electron chi connectivity index (χ2n) is 4.69. The summed E-state index contributed by atoms with van der Waals surface area (Å²) in [4.78, 5) is 4.62. The quantitative estimate of drug-likeness (QED) is 0.549. The van der Waals surface area contributed by atoms with Gasteiger partial charge in [0, 0.05) is 16.0 Å². The summed E-state index contributed by atoms with van der Waals surface area (Å²) in [5, 5.41) is 1.72. The molecule has 0 atom stereocenters. The maximum Gasteiger partial charge on any atom is 0.148 e. The predicted molar refractivity (Wildman–Crippen MR) is 84.7 cm³/mol. The van der Waals surface area contributed by atoms with E-state index >= 15 is 0 Å². The van der Waals surface area contributed by atoms with E-state index in [1.54, 1.807) is 0 Å². The van der Waals surface area contributed by atoms with Crippen LogP contribution in [0.25, 0.3) is 22.0 Å². The smallest absolute Gasteiger partial charge is 0.148 e. The first kappa shape index (κ1) is 12.9. The number of hydrazine groups is 1. The molecule has 2 aromatic carbocycles. The van der Waals surface area contributed by atoms with Crippen LogP contribution in [0.2, 0.25) is 5.02 Å². The minimum Gasteiger partial charge on any atom is -0.308 e. The number of nitrogens with zero attached hydrogens (tertiary/aromatic N) is 1. The first-order valence-corrected chi connectivity index (χ1v) is 6.70. The minimum absolute atomic E-state index is 0.661. The summed E-state index contributed by atoms with van der Waals surface area (Å²) >= 11 is 6.13. The molecule has 1 heterocycles. The number of hydrogen-bond acceptors (Lipinski definition) is 3. The molecule has 0 bridgehead atoms. The highest BCUT2D eigenvalue weighted by molar-refractivity contribution is 6.31. The van der Waals surface area contributed by atoms with Gasteiger partial charge < -0.3 is 5.43 Å². The molecular formula is C16H14ClN3. The van der Waals surface area contributed by atoms with Crippen molar-refractivity contribution in [3.8, 4) is 11.1 Å². The molecule has 3 nitrogen and oxygen atoms in total. The summed E-state index contributed by atoms with van der Waals surface area (Å²) in [6.45, 7) is 1.99. The van der Waals surface area contributed by atoms with Crippen molar-refractivity contribution in [1.29, 1.82) is 0 Å². The Balaban J connectivity index is 2.32. The molecule has 0 amide bonds. The summed E-state index contributed by atoms with van der Waals surface area (Å²) in [6, 6.07) is 15.9. The molecule has 0 aliphatic carbocycles. The van der Waals surface area contributed by atoms with E-state index in [4.69, 9.17) is 17.4 Å². The fourth-order valence-electron chi connectivity index (χ4n) is 2.37. The highest BCUT2D eigenvalue weighted by Gasteiger charge is 2.10. The normalized spacial score (nSPS) is 10.8. The van der Waals surface area contributed by atoms with Crippen molar-refractivity contribution < 1.29 is 0 Å². The van der Waals surface area contributed by atoms with E-state index in [-0.39, 0.29) is 0 Å². The van der Waals surface area contributed by atoms with Gasteiger partial charge in [0.25, 0.3) is 0 Å². The third-order valence-electron chi connectivity index (χ3n) is 3.29. The summed E-state index contributed by atoms with van der Waals surface area (Å²) < 4.78 is 0. The molecule has 0 spiro atoms. The molecule has 0 unspecified atom stereocenters. The van der Waals surface area contributed by atoms with Gasteiger partial charge in [0.2, 0.25) is 0 Å². The Morgan fingerprint density at radius 1 is 1.10 bits per heavy atom. The van der Waals surface area contributed by atoms with Crippen molar-refractivity contribution in [3.63, 3.8) is 0 Å². The first-order valence-electron chi connectivity index (χ1n) is 6.32. The summed E-state index contributed by atoms with van der Waals surface area (Å²) in [5.41, 5.74) is 6.64. The van der Waals surface area contributed by atoms with Gasteiger partial charge >= 0.3 is 0 Å². The average molecular weight is 284 g/mol. The number of rotatable bonds is 2. The zero-order valence-corrected chi connectivity index (χ0v) is 11.8. The van der Waals surface area contributed by atoms with Crippen molar-refractivity contribution in [2.45, 2.75) is 6.92 Å². The highest BCUT2D eigenvalue weighted by Crippen LogP contribution is 2.32. The predicted octanol–water partition coefficient (Wildman–Crippen LogP) is 4.15. The molecule has 3 rings (SSSR count). The molecule has 4 heteroatoms. The van der Waals surface area contributed by atoms with Crippen LogP contribution in [0.15, 0.2) is 48.5 Å². The number of nitrogens with one attached hydrogen (secondary N) is 1. The Kier molecular flexibility index (Phi) is 3.30. The molecule has 0 fully saturated rings. The number of halogens is 1. The van der Waals surface area contributed by atoms with E-state index in [1.807, 2.05) is 49.4 Å². The summed E-state index contributed by atoms with van der Waals surface area (Å²) in [6.07, 6.45) is 0. The lowest BCUT2D eigenvalue weighted by Gasteiger charge is -2.11. The van der Waals surface area contributed by atoms with Gasteiger partial charge in [0.1, 0.15) is 5.82 Å². The zero-order valence-electron chi connectivity index (χ0n) is 11.0. The molecule has 3 aromatic rings. The maximum absolute atomic E-state index is 6.13. The number of hydrogen-bond donors (Lipinski definition) is 2. The second kappa shape index (κ2) is 5.12. The van der Waals surface area contributed by atoms with Crippen molar-refractivity contribution in [2.24, 2.45) is 5.84 Å². The molecular weight excluding hydrogens is 270 g/mol. The molecule has 20 heavy (non-hydrogen) atoms. The fraction of sp³-hybridized carbons (Fsp3) is 0.0625. The van der Waals surface area contributed by atoms with Crippen LogP contribution in [0.4, 0.5) is 5.82 Å². The van der Waals surface area contributed by atoms with E-state index in [1.165, 1.54) is 0 Å². The Morgan fingerprint density at radius 2 is 1.85 bits per heavy atom. The number of nitrogen functional groups attached to an aromatic ring is 1. The number of aromatic nitrogens is 1. The first-order chi connectivity index (χ1) is 9.69. The molecule has 0 aliphatic heterocycles. The van der Waals surface area contributed by atoms with Crippen molar-refractivity contribution in [1.82, 2.24) is 4.98 Å². The summed E-state index contributed by atoms with van der Waals surface area (Å²) in [7, 11) is 0. The standard InChI is InChI=1S/C16H14ClN3/c1-10-7-13(17)8-12-9-14(11-5-3-2-4-6-11)16(20-18)19-15(10)12/h2-9H,18H2,1H3,(H,19,20). The highest BCUT2D eigenvalue weighted by atomic mass is 35.5. The van der Waals surface area contributed by atoms with Crippen LogP contribution in [0, 0.1) is 6.92 Å². The summed E-state index contributed by atoms with van der Waals surface area (Å²) in [5.74, 6) is 6.28. The number of benzene rings is 2. The fourth-order valence-corrected chi connectivity index (χ4v) is 2.65. The zero-order chi connectivity index (χ0) is 14.1. The van der Waals surface area contributed by atoms with E-state index < -0.39 is 0 Å². The van der Waals surface area contributed by atoms with E-state index in [0.717, 1.165) is 27.6 Å². The third-order valence-corrected chi connectivity index (χ3v) is 3.51.